The lowest BCUT2D eigenvalue weighted by Gasteiger charge is -2.22. The van der Waals surface area contributed by atoms with Gasteiger partial charge in [0.2, 0.25) is 0 Å². The van der Waals surface area contributed by atoms with Gasteiger partial charge < -0.3 is 10.1 Å². The Morgan fingerprint density at radius 1 is 1.08 bits per heavy atom. The van der Waals surface area contributed by atoms with Gasteiger partial charge in [0.25, 0.3) is 0 Å². The molecule has 1 aromatic heterocycles. The van der Waals surface area contributed by atoms with E-state index in [4.69, 9.17) is 4.74 Å². The molecule has 1 N–H and O–H groups in total. The zero-order chi connectivity index (χ0) is 17.8. The fraction of sp³-hybridized carbons (Fsp3) is 0.318. The van der Waals surface area contributed by atoms with Crippen LogP contribution in [0.25, 0.3) is 11.1 Å². The van der Waals surface area contributed by atoms with Crippen LogP contribution in [0, 0.1) is 6.92 Å². The molecule has 3 aromatic rings. The quantitative estimate of drug-likeness (QED) is 0.745. The minimum atomic E-state index is 0.513. The van der Waals surface area contributed by atoms with E-state index in [2.05, 4.69) is 58.5 Å². The van der Waals surface area contributed by atoms with Gasteiger partial charge in [-0.05, 0) is 61.7 Å². The zero-order valence-corrected chi connectivity index (χ0v) is 15.2. The lowest BCUT2D eigenvalue weighted by molar-refractivity contribution is 0.304. The molecule has 1 aliphatic heterocycles. The highest BCUT2D eigenvalue weighted by molar-refractivity contribution is 5.64. The monoisotopic (exact) mass is 347 g/mol. The van der Waals surface area contributed by atoms with Crippen LogP contribution in [-0.4, -0.2) is 22.9 Å². The molecule has 2 aromatic carbocycles. The molecule has 2 heterocycles. The molecule has 1 fully saturated rings. The van der Waals surface area contributed by atoms with Gasteiger partial charge in [-0.15, -0.1) is 0 Å². The van der Waals surface area contributed by atoms with Gasteiger partial charge in [-0.3, -0.25) is 4.68 Å². The second-order valence-electron chi connectivity index (χ2n) is 6.94. The highest BCUT2D eigenvalue weighted by Gasteiger charge is 2.16. The molecule has 4 rings (SSSR count). The smallest absolute Gasteiger partial charge is 0.122 e. The molecule has 26 heavy (non-hydrogen) atoms. The van der Waals surface area contributed by atoms with Crippen molar-refractivity contribution in [1.29, 1.82) is 0 Å². The van der Waals surface area contributed by atoms with Crippen LogP contribution in [0.2, 0.25) is 0 Å². The summed E-state index contributed by atoms with van der Waals surface area (Å²) in [5.74, 6) is 0.934. The standard InChI is InChI=1S/C22H25N3O/c1-17-13-19(7-8-22(17)26-16-18-5-3-2-4-6-18)20-14-24-25(15-20)21-9-11-23-12-10-21/h2-8,13-15,21,23H,9-12,16H2,1H3. The Bertz CT molecular complexity index is 851. The molecule has 4 heteroatoms. The third-order valence-electron chi connectivity index (χ3n) is 5.03. The number of piperidine rings is 1. The van der Waals surface area contributed by atoms with Crippen LogP contribution < -0.4 is 10.1 Å². The van der Waals surface area contributed by atoms with Gasteiger partial charge in [0.05, 0.1) is 12.2 Å². The minimum absolute atomic E-state index is 0.513. The topological polar surface area (TPSA) is 39.1 Å². The van der Waals surface area contributed by atoms with Gasteiger partial charge in [-0.1, -0.05) is 36.4 Å². The summed E-state index contributed by atoms with van der Waals surface area (Å²) in [6.45, 7) is 4.84. The van der Waals surface area contributed by atoms with Crippen LogP contribution >= 0.6 is 0 Å². The molecule has 1 saturated heterocycles. The van der Waals surface area contributed by atoms with E-state index in [0.29, 0.717) is 12.6 Å². The number of hydrogen-bond donors (Lipinski definition) is 1. The number of nitrogens with zero attached hydrogens (tertiary/aromatic N) is 2. The van der Waals surface area contributed by atoms with Crippen molar-refractivity contribution in [3.63, 3.8) is 0 Å². The van der Waals surface area contributed by atoms with E-state index in [1.165, 1.54) is 16.7 Å². The summed E-state index contributed by atoms with van der Waals surface area (Å²) >= 11 is 0. The van der Waals surface area contributed by atoms with E-state index < -0.39 is 0 Å². The summed E-state index contributed by atoms with van der Waals surface area (Å²) in [5, 5.41) is 8.01. The third kappa shape index (κ3) is 3.81. The second kappa shape index (κ2) is 7.75. The van der Waals surface area contributed by atoms with Crippen molar-refractivity contribution in [3.8, 4) is 16.9 Å². The number of benzene rings is 2. The molecule has 134 valence electrons. The van der Waals surface area contributed by atoms with E-state index in [9.17, 15) is 0 Å². The molecule has 0 amide bonds. The van der Waals surface area contributed by atoms with Crippen molar-refractivity contribution in [2.45, 2.75) is 32.4 Å². The van der Waals surface area contributed by atoms with Crippen molar-refractivity contribution >= 4 is 0 Å². The predicted molar refractivity (Wildman–Crippen MR) is 104 cm³/mol. The number of aromatic nitrogens is 2. The Hall–Kier alpha value is -2.59. The third-order valence-corrected chi connectivity index (χ3v) is 5.03. The highest BCUT2D eigenvalue weighted by atomic mass is 16.5. The highest BCUT2D eigenvalue weighted by Crippen LogP contribution is 2.28. The molecule has 0 atom stereocenters. The van der Waals surface area contributed by atoms with E-state index >= 15 is 0 Å². The average molecular weight is 347 g/mol. The minimum Gasteiger partial charge on any atom is -0.489 e. The Morgan fingerprint density at radius 2 is 1.88 bits per heavy atom. The molecule has 0 aliphatic carbocycles. The van der Waals surface area contributed by atoms with Gasteiger partial charge in [-0.25, -0.2) is 0 Å². The first-order valence-corrected chi connectivity index (χ1v) is 9.32. The normalized spacial score (nSPS) is 15.1. The predicted octanol–water partition coefficient (Wildman–Crippen LogP) is 4.36. The number of ether oxygens (including phenoxy) is 1. The Balaban J connectivity index is 1.46. The van der Waals surface area contributed by atoms with Crippen molar-refractivity contribution in [3.05, 3.63) is 72.1 Å². The van der Waals surface area contributed by atoms with E-state index in [-0.39, 0.29) is 0 Å². The SMILES string of the molecule is Cc1cc(-c2cnn(C3CCNCC3)c2)ccc1OCc1ccccc1. The molecule has 0 spiro atoms. The van der Waals surface area contributed by atoms with Gasteiger partial charge in [0, 0.05) is 11.8 Å². The largest absolute Gasteiger partial charge is 0.489 e. The maximum Gasteiger partial charge on any atom is 0.122 e. The molecule has 0 radical (unpaired) electrons. The van der Waals surface area contributed by atoms with Crippen LogP contribution in [0.4, 0.5) is 0 Å². The summed E-state index contributed by atoms with van der Waals surface area (Å²) in [5.41, 5.74) is 4.68. The van der Waals surface area contributed by atoms with Crippen LogP contribution in [0.5, 0.6) is 5.75 Å². The van der Waals surface area contributed by atoms with Gasteiger partial charge in [0.15, 0.2) is 0 Å². The van der Waals surface area contributed by atoms with Crippen LogP contribution in [0.15, 0.2) is 60.9 Å². The molecule has 4 nitrogen and oxygen atoms in total. The molecule has 0 bridgehead atoms. The second-order valence-corrected chi connectivity index (χ2v) is 6.94. The average Bonchev–Trinajstić information content (AvgIpc) is 3.19. The first kappa shape index (κ1) is 16.9. The van der Waals surface area contributed by atoms with Gasteiger partial charge in [0.1, 0.15) is 12.4 Å². The van der Waals surface area contributed by atoms with Crippen molar-refractivity contribution in [2.75, 3.05) is 13.1 Å². The lowest BCUT2D eigenvalue weighted by atomic mass is 10.1. The summed E-state index contributed by atoms with van der Waals surface area (Å²) in [7, 11) is 0. The van der Waals surface area contributed by atoms with Crippen molar-refractivity contribution < 1.29 is 4.74 Å². The van der Waals surface area contributed by atoms with Gasteiger partial charge >= 0.3 is 0 Å². The summed E-state index contributed by atoms with van der Waals surface area (Å²) in [6.07, 6.45) is 6.44. The number of hydrogen-bond acceptors (Lipinski definition) is 3. The molecular formula is C22H25N3O. The number of aryl methyl sites for hydroxylation is 1. The molecular weight excluding hydrogens is 322 g/mol. The maximum atomic E-state index is 5.99. The fourth-order valence-corrected chi connectivity index (χ4v) is 3.48. The summed E-state index contributed by atoms with van der Waals surface area (Å²) < 4.78 is 8.12. The molecule has 0 unspecified atom stereocenters. The van der Waals surface area contributed by atoms with Gasteiger partial charge in [-0.2, -0.15) is 5.10 Å². The van der Waals surface area contributed by atoms with E-state index in [1.54, 1.807) is 0 Å². The van der Waals surface area contributed by atoms with E-state index in [1.807, 2.05) is 24.4 Å². The summed E-state index contributed by atoms with van der Waals surface area (Å²) in [6, 6.07) is 17.1. The fourth-order valence-electron chi connectivity index (χ4n) is 3.48. The Labute approximate surface area is 154 Å². The Kier molecular flexibility index (Phi) is 5.02. The number of rotatable bonds is 5. The summed E-state index contributed by atoms with van der Waals surface area (Å²) in [4.78, 5) is 0. The number of nitrogens with one attached hydrogen (secondary N) is 1. The first-order valence-electron chi connectivity index (χ1n) is 9.32. The van der Waals surface area contributed by atoms with E-state index in [0.717, 1.165) is 37.2 Å². The maximum absolute atomic E-state index is 5.99. The van der Waals surface area contributed by atoms with Crippen LogP contribution in [0.3, 0.4) is 0 Å². The Morgan fingerprint density at radius 3 is 2.65 bits per heavy atom. The molecule has 0 saturated carbocycles. The van der Waals surface area contributed by atoms with Crippen molar-refractivity contribution in [1.82, 2.24) is 15.1 Å². The first-order chi connectivity index (χ1) is 12.8. The van der Waals surface area contributed by atoms with Crippen LogP contribution in [-0.2, 0) is 6.61 Å². The van der Waals surface area contributed by atoms with Crippen LogP contribution in [0.1, 0.15) is 30.0 Å². The lowest BCUT2D eigenvalue weighted by Crippen LogP contribution is -2.29. The van der Waals surface area contributed by atoms with Crippen molar-refractivity contribution in [2.24, 2.45) is 0 Å². The molecule has 1 aliphatic rings. The zero-order valence-electron chi connectivity index (χ0n) is 15.2.